The van der Waals surface area contributed by atoms with Crippen LogP contribution in [0.2, 0.25) is 0 Å². The average molecular weight is 429 g/mol. The Morgan fingerprint density at radius 3 is 2.42 bits per heavy atom. The Morgan fingerprint density at radius 2 is 1.74 bits per heavy atom. The van der Waals surface area contributed by atoms with Gasteiger partial charge in [-0.1, -0.05) is 45.3 Å². The molecule has 0 aromatic heterocycles. The van der Waals surface area contributed by atoms with Crippen molar-refractivity contribution in [2.75, 3.05) is 0 Å². The maximum atomic E-state index is 10.4. The highest BCUT2D eigenvalue weighted by atomic mass is 16.5. The van der Waals surface area contributed by atoms with Gasteiger partial charge >= 0.3 is 0 Å². The maximum absolute atomic E-state index is 10.4. The molecule has 0 radical (unpaired) electrons. The van der Waals surface area contributed by atoms with Gasteiger partial charge in [-0.05, 0) is 115 Å². The van der Waals surface area contributed by atoms with Gasteiger partial charge in [0.2, 0.25) is 0 Å². The van der Waals surface area contributed by atoms with Crippen molar-refractivity contribution in [1.29, 1.82) is 0 Å². The van der Waals surface area contributed by atoms with Gasteiger partial charge in [0.1, 0.15) is 17.1 Å². The topological polar surface area (TPSA) is 29.5 Å². The number of fused-ring (bicyclic) bond motifs is 1. The molecule has 2 nitrogen and oxygen atoms in total. The highest BCUT2D eigenvalue weighted by Crippen LogP contribution is 2.44. The molecule has 1 aliphatic heterocycles. The van der Waals surface area contributed by atoms with Gasteiger partial charge < -0.3 is 9.84 Å². The smallest absolute Gasteiger partial charge is 0.127 e. The molecule has 31 heavy (non-hydrogen) atoms. The molecule has 176 valence electrons. The third kappa shape index (κ3) is 7.29. The predicted octanol–water partition coefficient (Wildman–Crippen LogP) is 8.76. The van der Waals surface area contributed by atoms with E-state index >= 15 is 0 Å². The highest BCUT2D eigenvalue weighted by molar-refractivity contribution is 5.58. The summed E-state index contributed by atoms with van der Waals surface area (Å²) in [7, 11) is 0. The Morgan fingerprint density at radius 1 is 1.03 bits per heavy atom. The van der Waals surface area contributed by atoms with E-state index in [-0.39, 0.29) is 5.60 Å². The fraction of sp³-hybridized carbons (Fsp3) is 0.724. The summed E-state index contributed by atoms with van der Waals surface area (Å²) in [6.45, 7) is 17.7. The number of phenolic OH excluding ortho intramolecular Hbond substituents is 1. The molecule has 2 rings (SSSR count). The summed E-state index contributed by atoms with van der Waals surface area (Å²) < 4.78 is 6.59. The molecule has 0 aliphatic carbocycles. The van der Waals surface area contributed by atoms with E-state index in [9.17, 15) is 5.11 Å². The first-order valence-electron chi connectivity index (χ1n) is 12.7. The van der Waals surface area contributed by atoms with Crippen molar-refractivity contribution in [3.05, 3.63) is 33.9 Å². The van der Waals surface area contributed by atoms with Crippen LogP contribution in [0.1, 0.15) is 115 Å². The average Bonchev–Trinajstić information content (AvgIpc) is 2.70. The molecule has 2 atom stereocenters. The van der Waals surface area contributed by atoms with E-state index in [0.717, 1.165) is 53.5 Å². The van der Waals surface area contributed by atoms with E-state index < -0.39 is 0 Å². The zero-order valence-electron chi connectivity index (χ0n) is 21.7. The Labute approximate surface area is 192 Å². The molecule has 1 heterocycles. The van der Waals surface area contributed by atoms with Gasteiger partial charge in [-0.2, -0.15) is 0 Å². The summed E-state index contributed by atoms with van der Waals surface area (Å²) in [5, 5.41) is 10.4. The quantitative estimate of drug-likeness (QED) is 0.357. The minimum Gasteiger partial charge on any atom is -0.507 e. The zero-order chi connectivity index (χ0) is 23.2. The monoisotopic (exact) mass is 428 g/mol. The van der Waals surface area contributed by atoms with Crippen molar-refractivity contribution < 1.29 is 9.84 Å². The van der Waals surface area contributed by atoms with Crippen LogP contribution in [0.3, 0.4) is 0 Å². The van der Waals surface area contributed by atoms with Gasteiger partial charge in [-0.25, -0.2) is 0 Å². The second kappa shape index (κ2) is 11.4. The predicted molar refractivity (Wildman–Crippen MR) is 134 cm³/mol. The van der Waals surface area contributed by atoms with E-state index in [2.05, 4.69) is 47.6 Å². The molecule has 0 saturated carbocycles. The van der Waals surface area contributed by atoms with E-state index in [4.69, 9.17) is 4.74 Å². The number of benzene rings is 1. The standard InChI is InChI=1S/C29H48O2/c1-20(2)12-9-13-21(3)14-10-15-22(4)16-11-18-29(8)19-17-26-25(7)27(30)23(5)24(6)28(26)31-29/h14,20,22,30H,9-13,15-19H2,1-8H3/b21-14+. The Kier molecular flexibility index (Phi) is 9.52. The first kappa shape index (κ1) is 25.8. The lowest BCUT2D eigenvalue weighted by Crippen LogP contribution is -2.37. The fourth-order valence-electron chi connectivity index (χ4n) is 4.95. The molecule has 0 spiro atoms. The SMILES string of the molecule is C/C(=C\CCC(C)CCCC1(C)CCc2c(C)c(O)c(C)c(C)c2O1)CCCC(C)C. The number of ether oxygens (including phenoxy) is 1. The van der Waals surface area contributed by atoms with Crippen LogP contribution < -0.4 is 4.74 Å². The van der Waals surface area contributed by atoms with Crippen LogP contribution in [0.4, 0.5) is 0 Å². The molecule has 2 unspecified atom stereocenters. The van der Waals surface area contributed by atoms with Crippen LogP contribution in [-0.4, -0.2) is 10.7 Å². The summed E-state index contributed by atoms with van der Waals surface area (Å²) in [6, 6.07) is 0. The number of phenols is 1. The van der Waals surface area contributed by atoms with Gasteiger partial charge in [0.25, 0.3) is 0 Å². The van der Waals surface area contributed by atoms with E-state index in [1.54, 1.807) is 5.57 Å². The van der Waals surface area contributed by atoms with Crippen molar-refractivity contribution in [3.63, 3.8) is 0 Å². The summed E-state index contributed by atoms with van der Waals surface area (Å²) >= 11 is 0. The first-order chi connectivity index (χ1) is 14.5. The van der Waals surface area contributed by atoms with Crippen LogP contribution in [0.15, 0.2) is 11.6 Å². The van der Waals surface area contributed by atoms with Gasteiger partial charge in [0, 0.05) is 5.56 Å². The summed E-state index contributed by atoms with van der Waals surface area (Å²) in [6.07, 6.45) is 14.6. The molecule has 0 fully saturated rings. The molecule has 1 aliphatic rings. The van der Waals surface area contributed by atoms with Crippen LogP contribution in [0.25, 0.3) is 0 Å². The second-order valence-corrected chi connectivity index (χ2v) is 11.0. The normalized spacial score (nSPS) is 20.0. The highest BCUT2D eigenvalue weighted by Gasteiger charge is 2.34. The Balaban J connectivity index is 1.79. The number of hydrogen-bond acceptors (Lipinski definition) is 2. The van der Waals surface area contributed by atoms with Crippen LogP contribution in [-0.2, 0) is 6.42 Å². The second-order valence-electron chi connectivity index (χ2n) is 11.0. The molecule has 0 bridgehead atoms. The lowest BCUT2D eigenvalue weighted by Gasteiger charge is -2.38. The molecular weight excluding hydrogens is 380 g/mol. The summed E-state index contributed by atoms with van der Waals surface area (Å²) in [5.74, 6) is 3.07. The molecule has 2 heteroatoms. The summed E-state index contributed by atoms with van der Waals surface area (Å²) in [4.78, 5) is 0. The largest absolute Gasteiger partial charge is 0.507 e. The molecule has 1 aromatic carbocycles. The fourth-order valence-corrected chi connectivity index (χ4v) is 4.95. The number of allylic oxidation sites excluding steroid dienone is 2. The lowest BCUT2D eigenvalue weighted by atomic mass is 9.84. The van der Waals surface area contributed by atoms with Crippen molar-refractivity contribution in [3.8, 4) is 11.5 Å². The van der Waals surface area contributed by atoms with Crippen molar-refractivity contribution >= 4 is 0 Å². The van der Waals surface area contributed by atoms with Gasteiger partial charge in [-0.15, -0.1) is 0 Å². The van der Waals surface area contributed by atoms with Crippen LogP contribution >= 0.6 is 0 Å². The maximum Gasteiger partial charge on any atom is 0.127 e. The number of rotatable bonds is 11. The van der Waals surface area contributed by atoms with Gasteiger partial charge in [-0.3, -0.25) is 0 Å². The Bertz CT molecular complexity index is 759. The third-order valence-electron chi connectivity index (χ3n) is 7.50. The van der Waals surface area contributed by atoms with Gasteiger partial charge in [0.05, 0.1) is 0 Å². The lowest BCUT2D eigenvalue weighted by molar-refractivity contribution is 0.0512. The van der Waals surface area contributed by atoms with Crippen molar-refractivity contribution in [2.24, 2.45) is 11.8 Å². The third-order valence-corrected chi connectivity index (χ3v) is 7.50. The van der Waals surface area contributed by atoms with Gasteiger partial charge in [0.15, 0.2) is 0 Å². The summed E-state index contributed by atoms with van der Waals surface area (Å²) in [5.41, 5.74) is 5.76. The molecule has 0 amide bonds. The molecule has 0 saturated heterocycles. The van der Waals surface area contributed by atoms with Crippen molar-refractivity contribution in [2.45, 2.75) is 125 Å². The Hall–Kier alpha value is -1.44. The molecular formula is C29H48O2. The van der Waals surface area contributed by atoms with E-state index in [1.807, 2.05) is 13.8 Å². The minimum atomic E-state index is -0.0831. The van der Waals surface area contributed by atoms with Crippen molar-refractivity contribution in [1.82, 2.24) is 0 Å². The number of hydrogen-bond donors (Lipinski definition) is 1. The van der Waals surface area contributed by atoms with Crippen LogP contribution in [0.5, 0.6) is 11.5 Å². The molecule has 1 N–H and O–H groups in total. The molecule has 1 aromatic rings. The van der Waals surface area contributed by atoms with E-state index in [1.165, 1.54) is 50.5 Å². The van der Waals surface area contributed by atoms with E-state index in [0.29, 0.717) is 5.75 Å². The van der Waals surface area contributed by atoms with Crippen LogP contribution in [0, 0.1) is 32.6 Å². The first-order valence-corrected chi connectivity index (χ1v) is 12.7. The number of aromatic hydroxyl groups is 1. The minimum absolute atomic E-state index is 0.0831. The zero-order valence-corrected chi connectivity index (χ0v) is 21.7.